The van der Waals surface area contributed by atoms with Gasteiger partial charge in [-0.3, -0.25) is 9.55 Å². The first kappa shape index (κ1) is 9.51. The Morgan fingerprint density at radius 3 is 2.77 bits per heavy atom. The number of aromatic amines is 1. The van der Waals surface area contributed by atoms with E-state index >= 15 is 0 Å². The minimum absolute atomic E-state index is 0.104. The Morgan fingerprint density at radius 2 is 2.15 bits per heavy atom. The highest BCUT2D eigenvalue weighted by Crippen LogP contribution is 2.04. The summed E-state index contributed by atoms with van der Waals surface area (Å²) in [6.07, 6.45) is 3.30. The van der Waals surface area contributed by atoms with Crippen LogP contribution in [0.4, 0.5) is 0 Å². The summed E-state index contributed by atoms with van der Waals surface area (Å²) in [5.74, 6) is 0. The van der Waals surface area contributed by atoms with Gasteiger partial charge in [0.2, 0.25) is 0 Å². The summed E-state index contributed by atoms with van der Waals surface area (Å²) >= 11 is 0. The van der Waals surface area contributed by atoms with Gasteiger partial charge >= 0.3 is 5.69 Å². The van der Waals surface area contributed by atoms with Gasteiger partial charge in [-0.05, 0) is 6.07 Å². The lowest BCUT2D eigenvalue weighted by molar-refractivity contribution is 0.891. The van der Waals surface area contributed by atoms with E-state index in [4.69, 9.17) is 0 Å². The molecule has 0 saturated carbocycles. The van der Waals surface area contributed by atoms with Gasteiger partial charge in [0.15, 0.2) is 0 Å². The molecule has 0 spiro atoms. The lowest BCUT2D eigenvalue weighted by Gasteiger charge is -1.89. The van der Waals surface area contributed by atoms with E-state index in [0.29, 0.717) is 0 Å². The van der Waals surface area contributed by atoms with Crippen LogP contribution < -0.4 is 5.69 Å². The Labute approximate surface area is 76.2 Å². The number of nitrogens with zero attached hydrogens (tertiary/aromatic N) is 2. The number of rotatable bonds is 0. The van der Waals surface area contributed by atoms with Gasteiger partial charge in [-0.25, -0.2) is 4.79 Å². The number of fused-ring (bicyclic) bond motifs is 1. The first-order chi connectivity index (χ1) is 6.29. The summed E-state index contributed by atoms with van der Waals surface area (Å²) in [7, 11) is 1.72. The Hall–Kier alpha value is -1.58. The predicted molar refractivity (Wildman–Crippen MR) is 52.7 cm³/mol. The summed E-state index contributed by atoms with van der Waals surface area (Å²) in [5, 5.41) is 0. The molecule has 0 aliphatic rings. The van der Waals surface area contributed by atoms with Crippen LogP contribution in [-0.2, 0) is 7.05 Å². The van der Waals surface area contributed by atoms with Crippen molar-refractivity contribution >= 4 is 11.0 Å². The van der Waals surface area contributed by atoms with Crippen molar-refractivity contribution in [3.05, 3.63) is 28.9 Å². The van der Waals surface area contributed by atoms with Crippen LogP contribution in [-0.4, -0.2) is 14.5 Å². The van der Waals surface area contributed by atoms with Crippen LogP contribution in [0.1, 0.15) is 13.8 Å². The molecule has 2 aromatic heterocycles. The molecule has 2 heterocycles. The SMILES string of the molecule is CC.Cn1c(=O)[nH]c2cnccc21. The molecule has 4 heteroatoms. The van der Waals surface area contributed by atoms with Gasteiger partial charge in [0.1, 0.15) is 0 Å². The van der Waals surface area contributed by atoms with Crippen molar-refractivity contribution in [3.8, 4) is 0 Å². The normalized spacial score (nSPS) is 9.46. The van der Waals surface area contributed by atoms with Crippen molar-refractivity contribution in [2.45, 2.75) is 13.8 Å². The molecule has 0 fully saturated rings. The molecule has 0 bridgehead atoms. The third-order valence-electron chi connectivity index (χ3n) is 1.71. The second kappa shape index (κ2) is 3.89. The maximum absolute atomic E-state index is 11.0. The lowest BCUT2D eigenvalue weighted by Crippen LogP contribution is -2.11. The fraction of sp³-hybridized carbons (Fsp3) is 0.333. The van der Waals surface area contributed by atoms with E-state index < -0.39 is 0 Å². The van der Waals surface area contributed by atoms with Gasteiger partial charge in [-0.15, -0.1) is 0 Å². The quantitative estimate of drug-likeness (QED) is 0.662. The lowest BCUT2D eigenvalue weighted by atomic mass is 10.4. The van der Waals surface area contributed by atoms with Gasteiger partial charge in [-0.1, -0.05) is 13.8 Å². The van der Waals surface area contributed by atoms with Crippen LogP contribution in [0.15, 0.2) is 23.3 Å². The number of imidazole rings is 1. The fourth-order valence-electron chi connectivity index (χ4n) is 1.08. The molecule has 70 valence electrons. The fourth-order valence-corrected chi connectivity index (χ4v) is 1.08. The predicted octanol–water partition coefficient (Wildman–Crippen LogP) is 1.29. The van der Waals surface area contributed by atoms with Crippen molar-refractivity contribution in [1.29, 1.82) is 0 Å². The molecule has 0 unspecified atom stereocenters. The third kappa shape index (κ3) is 1.61. The molecule has 0 radical (unpaired) electrons. The Kier molecular flexibility index (Phi) is 2.84. The first-order valence-electron chi connectivity index (χ1n) is 4.28. The van der Waals surface area contributed by atoms with E-state index in [1.807, 2.05) is 13.8 Å². The summed E-state index contributed by atoms with van der Waals surface area (Å²) in [6.45, 7) is 4.00. The minimum atomic E-state index is -0.104. The van der Waals surface area contributed by atoms with E-state index in [2.05, 4.69) is 9.97 Å². The number of hydrogen-bond acceptors (Lipinski definition) is 2. The first-order valence-corrected chi connectivity index (χ1v) is 4.28. The van der Waals surface area contributed by atoms with E-state index in [-0.39, 0.29) is 5.69 Å². The average molecular weight is 179 g/mol. The molecule has 0 aromatic carbocycles. The van der Waals surface area contributed by atoms with Crippen LogP contribution in [0, 0.1) is 0 Å². The van der Waals surface area contributed by atoms with Crippen molar-refractivity contribution in [2.75, 3.05) is 0 Å². The Morgan fingerprint density at radius 1 is 1.46 bits per heavy atom. The maximum Gasteiger partial charge on any atom is 0.326 e. The molecule has 0 saturated heterocycles. The van der Waals surface area contributed by atoms with Gasteiger partial charge in [0.25, 0.3) is 0 Å². The van der Waals surface area contributed by atoms with E-state index in [1.54, 1.807) is 30.1 Å². The van der Waals surface area contributed by atoms with Crippen molar-refractivity contribution in [2.24, 2.45) is 7.05 Å². The zero-order valence-electron chi connectivity index (χ0n) is 8.03. The van der Waals surface area contributed by atoms with Crippen molar-refractivity contribution in [3.63, 3.8) is 0 Å². The van der Waals surface area contributed by atoms with Crippen LogP contribution >= 0.6 is 0 Å². The standard InChI is InChI=1S/C7H7N3O.C2H6/c1-10-6-2-3-8-4-5(6)9-7(10)11;1-2/h2-4H,1H3,(H,9,11);1-2H3. The summed E-state index contributed by atoms with van der Waals surface area (Å²) in [5.41, 5.74) is 1.55. The summed E-state index contributed by atoms with van der Waals surface area (Å²) in [6, 6.07) is 1.80. The zero-order valence-corrected chi connectivity index (χ0v) is 8.03. The molecular formula is C9H13N3O. The molecule has 2 aromatic rings. The van der Waals surface area contributed by atoms with Gasteiger partial charge < -0.3 is 4.98 Å². The second-order valence-corrected chi connectivity index (χ2v) is 2.38. The zero-order chi connectivity index (χ0) is 9.84. The Bertz CT molecular complexity index is 441. The van der Waals surface area contributed by atoms with Crippen LogP contribution in [0.25, 0.3) is 11.0 Å². The largest absolute Gasteiger partial charge is 0.326 e. The highest BCUT2D eigenvalue weighted by molar-refractivity contribution is 5.73. The van der Waals surface area contributed by atoms with Crippen molar-refractivity contribution < 1.29 is 0 Å². The molecule has 1 N–H and O–H groups in total. The van der Waals surface area contributed by atoms with Gasteiger partial charge in [-0.2, -0.15) is 0 Å². The molecule has 0 amide bonds. The molecule has 0 aliphatic carbocycles. The molecule has 0 atom stereocenters. The van der Waals surface area contributed by atoms with Crippen molar-refractivity contribution in [1.82, 2.24) is 14.5 Å². The summed E-state index contributed by atoms with van der Waals surface area (Å²) in [4.78, 5) is 17.6. The molecule has 4 nitrogen and oxygen atoms in total. The number of aromatic nitrogens is 3. The van der Waals surface area contributed by atoms with Crippen LogP contribution in [0.3, 0.4) is 0 Å². The number of hydrogen-bond donors (Lipinski definition) is 1. The van der Waals surface area contributed by atoms with Crippen LogP contribution in [0.2, 0.25) is 0 Å². The van der Waals surface area contributed by atoms with E-state index in [0.717, 1.165) is 11.0 Å². The minimum Gasteiger partial charge on any atom is -0.304 e. The number of aryl methyl sites for hydroxylation is 1. The highest BCUT2D eigenvalue weighted by atomic mass is 16.1. The van der Waals surface area contributed by atoms with Crippen LogP contribution in [0.5, 0.6) is 0 Å². The molecule has 13 heavy (non-hydrogen) atoms. The third-order valence-corrected chi connectivity index (χ3v) is 1.71. The molecular weight excluding hydrogens is 166 g/mol. The Balaban J connectivity index is 0.000000396. The monoisotopic (exact) mass is 179 g/mol. The average Bonchev–Trinajstić information content (AvgIpc) is 2.47. The molecule has 2 rings (SSSR count). The molecule has 0 aliphatic heterocycles. The number of H-pyrrole nitrogens is 1. The smallest absolute Gasteiger partial charge is 0.304 e. The highest BCUT2D eigenvalue weighted by Gasteiger charge is 1.99. The summed E-state index contributed by atoms with van der Waals surface area (Å²) < 4.78 is 1.55. The van der Waals surface area contributed by atoms with Gasteiger partial charge in [0, 0.05) is 13.2 Å². The number of pyridine rings is 1. The second-order valence-electron chi connectivity index (χ2n) is 2.38. The van der Waals surface area contributed by atoms with Gasteiger partial charge in [0.05, 0.1) is 17.2 Å². The van der Waals surface area contributed by atoms with E-state index in [9.17, 15) is 4.79 Å². The topological polar surface area (TPSA) is 50.7 Å². The maximum atomic E-state index is 11.0. The number of nitrogens with one attached hydrogen (secondary N) is 1. The van der Waals surface area contributed by atoms with E-state index in [1.165, 1.54) is 0 Å².